The molecule has 1 N–H and O–H groups in total. The molecule has 2 aromatic rings. The average Bonchev–Trinajstić information content (AvgIpc) is 2.38. The maximum Gasteiger partial charge on any atom is 0.119 e. The van der Waals surface area contributed by atoms with Crippen molar-refractivity contribution in [1.29, 1.82) is 0 Å². The molecular formula is C14H15NO. The van der Waals surface area contributed by atoms with Crippen molar-refractivity contribution in [3.05, 3.63) is 60.2 Å². The molecule has 0 aliphatic rings. The third kappa shape index (κ3) is 2.76. The van der Waals surface area contributed by atoms with E-state index in [1.54, 1.807) is 0 Å². The lowest BCUT2D eigenvalue weighted by molar-refractivity contribution is 0.306. The number of hydrogen-bond donors (Lipinski definition) is 1. The zero-order valence-electron chi connectivity index (χ0n) is 9.31. The summed E-state index contributed by atoms with van der Waals surface area (Å²) in [6.07, 6.45) is 0. The number of ether oxygens (including phenoxy) is 1. The zero-order valence-corrected chi connectivity index (χ0v) is 9.31. The van der Waals surface area contributed by atoms with Gasteiger partial charge in [0.15, 0.2) is 0 Å². The first kappa shape index (κ1) is 10.6. The van der Waals surface area contributed by atoms with E-state index in [-0.39, 0.29) is 0 Å². The molecule has 2 heteroatoms. The summed E-state index contributed by atoms with van der Waals surface area (Å²) in [5.74, 6) is 0.903. The lowest BCUT2D eigenvalue weighted by Gasteiger charge is -2.06. The number of anilines is 1. The summed E-state index contributed by atoms with van der Waals surface area (Å²) in [7, 11) is 1.91. The van der Waals surface area contributed by atoms with Gasteiger partial charge in [0.2, 0.25) is 0 Å². The van der Waals surface area contributed by atoms with Crippen LogP contribution >= 0.6 is 0 Å². The normalized spacial score (nSPS) is 9.81. The molecule has 0 aromatic heterocycles. The topological polar surface area (TPSA) is 21.3 Å². The van der Waals surface area contributed by atoms with Gasteiger partial charge in [0.1, 0.15) is 12.4 Å². The lowest BCUT2D eigenvalue weighted by Crippen LogP contribution is -1.95. The number of benzene rings is 2. The molecule has 0 atom stereocenters. The number of rotatable bonds is 4. The molecule has 0 radical (unpaired) electrons. The SMILES string of the molecule is CNc1ccc(COc2ccccc2)cc1. The van der Waals surface area contributed by atoms with Crippen LogP contribution in [0.15, 0.2) is 54.6 Å². The van der Waals surface area contributed by atoms with Crippen molar-refractivity contribution in [3.63, 3.8) is 0 Å². The average molecular weight is 213 g/mol. The second-order valence-corrected chi connectivity index (χ2v) is 3.55. The third-order valence-electron chi connectivity index (χ3n) is 2.39. The monoisotopic (exact) mass is 213 g/mol. The highest BCUT2D eigenvalue weighted by Crippen LogP contribution is 2.13. The number of para-hydroxylation sites is 1. The summed E-state index contributed by atoms with van der Waals surface area (Å²) in [4.78, 5) is 0. The Hall–Kier alpha value is -1.96. The van der Waals surface area contributed by atoms with Gasteiger partial charge in [-0.05, 0) is 29.8 Å². The Morgan fingerprint density at radius 2 is 1.62 bits per heavy atom. The Labute approximate surface area is 95.9 Å². The smallest absolute Gasteiger partial charge is 0.119 e. The van der Waals surface area contributed by atoms with Crippen molar-refractivity contribution < 1.29 is 4.74 Å². The highest BCUT2D eigenvalue weighted by Gasteiger charge is 1.95. The maximum atomic E-state index is 5.65. The summed E-state index contributed by atoms with van der Waals surface area (Å²) in [6, 6.07) is 18.1. The predicted octanol–water partition coefficient (Wildman–Crippen LogP) is 3.31. The Morgan fingerprint density at radius 3 is 2.25 bits per heavy atom. The van der Waals surface area contributed by atoms with E-state index < -0.39 is 0 Å². The lowest BCUT2D eigenvalue weighted by atomic mass is 10.2. The van der Waals surface area contributed by atoms with Crippen LogP contribution in [0.25, 0.3) is 0 Å². The van der Waals surface area contributed by atoms with Gasteiger partial charge >= 0.3 is 0 Å². The molecule has 0 amide bonds. The van der Waals surface area contributed by atoms with Crippen molar-refractivity contribution >= 4 is 5.69 Å². The molecule has 82 valence electrons. The molecule has 0 spiro atoms. The quantitative estimate of drug-likeness (QED) is 0.841. The van der Waals surface area contributed by atoms with Crippen molar-refractivity contribution in [2.75, 3.05) is 12.4 Å². The Balaban J connectivity index is 1.94. The van der Waals surface area contributed by atoms with Crippen LogP contribution in [-0.4, -0.2) is 7.05 Å². The van der Waals surface area contributed by atoms with Crippen LogP contribution in [-0.2, 0) is 6.61 Å². The van der Waals surface area contributed by atoms with Gasteiger partial charge in [-0.3, -0.25) is 0 Å². The van der Waals surface area contributed by atoms with Crippen molar-refractivity contribution in [2.24, 2.45) is 0 Å². The van der Waals surface area contributed by atoms with Crippen LogP contribution in [0.1, 0.15) is 5.56 Å². The van der Waals surface area contributed by atoms with Gasteiger partial charge in [0, 0.05) is 12.7 Å². The minimum Gasteiger partial charge on any atom is -0.489 e. The van der Waals surface area contributed by atoms with Gasteiger partial charge in [-0.1, -0.05) is 30.3 Å². The molecule has 0 unspecified atom stereocenters. The molecule has 16 heavy (non-hydrogen) atoms. The fourth-order valence-electron chi connectivity index (χ4n) is 1.45. The fraction of sp³-hybridized carbons (Fsp3) is 0.143. The Bertz CT molecular complexity index is 422. The molecular weight excluding hydrogens is 198 g/mol. The second kappa shape index (κ2) is 5.21. The Kier molecular flexibility index (Phi) is 3.44. The summed E-state index contributed by atoms with van der Waals surface area (Å²) in [5, 5.41) is 3.09. The minimum atomic E-state index is 0.605. The van der Waals surface area contributed by atoms with Crippen molar-refractivity contribution in [1.82, 2.24) is 0 Å². The van der Waals surface area contributed by atoms with Crippen LogP contribution in [0.2, 0.25) is 0 Å². The van der Waals surface area contributed by atoms with Gasteiger partial charge < -0.3 is 10.1 Å². The highest BCUT2D eigenvalue weighted by atomic mass is 16.5. The molecule has 0 fully saturated rings. The summed E-state index contributed by atoms with van der Waals surface area (Å²) in [6.45, 7) is 0.605. The van der Waals surface area contributed by atoms with Crippen LogP contribution < -0.4 is 10.1 Å². The van der Waals surface area contributed by atoms with E-state index in [1.807, 2.05) is 49.5 Å². The Morgan fingerprint density at radius 1 is 0.938 bits per heavy atom. The first-order valence-corrected chi connectivity index (χ1v) is 5.33. The fourth-order valence-corrected chi connectivity index (χ4v) is 1.45. The third-order valence-corrected chi connectivity index (χ3v) is 2.39. The van der Waals surface area contributed by atoms with Gasteiger partial charge in [0.05, 0.1) is 0 Å². The predicted molar refractivity (Wildman–Crippen MR) is 66.8 cm³/mol. The van der Waals surface area contributed by atoms with Crippen LogP contribution in [0, 0.1) is 0 Å². The van der Waals surface area contributed by atoms with E-state index >= 15 is 0 Å². The molecule has 0 saturated carbocycles. The molecule has 2 rings (SSSR count). The summed E-state index contributed by atoms with van der Waals surface area (Å²) in [5.41, 5.74) is 2.28. The van der Waals surface area contributed by atoms with Crippen LogP contribution in [0.4, 0.5) is 5.69 Å². The molecule has 0 bridgehead atoms. The minimum absolute atomic E-state index is 0.605. The standard InChI is InChI=1S/C14H15NO/c1-15-13-9-7-12(8-10-13)11-16-14-5-3-2-4-6-14/h2-10,15H,11H2,1H3. The van der Waals surface area contributed by atoms with E-state index in [2.05, 4.69) is 17.4 Å². The molecule has 0 heterocycles. The van der Waals surface area contributed by atoms with E-state index in [4.69, 9.17) is 4.74 Å². The van der Waals surface area contributed by atoms with E-state index in [0.717, 1.165) is 11.4 Å². The highest BCUT2D eigenvalue weighted by molar-refractivity contribution is 5.43. The molecule has 0 aliphatic heterocycles. The van der Waals surface area contributed by atoms with Gasteiger partial charge in [-0.25, -0.2) is 0 Å². The molecule has 2 aromatic carbocycles. The van der Waals surface area contributed by atoms with Crippen molar-refractivity contribution in [3.8, 4) is 5.75 Å². The first-order chi connectivity index (χ1) is 7.88. The van der Waals surface area contributed by atoms with Gasteiger partial charge in [-0.2, -0.15) is 0 Å². The first-order valence-electron chi connectivity index (χ1n) is 5.33. The molecule has 2 nitrogen and oxygen atoms in total. The van der Waals surface area contributed by atoms with E-state index in [1.165, 1.54) is 5.56 Å². The second-order valence-electron chi connectivity index (χ2n) is 3.55. The zero-order chi connectivity index (χ0) is 11.2. The van der Waals surface area contributed by atoms with Crippen LogP contribution in [0.5, 0.6) is 5.75 Å². The number of hydrogen-bond acceptors (Lipinski definition) is 2. The van der Waals surface area contributed by atoms with Gasteiger partial charge in [-0.15, -0.1) is 0 Å². The summed E-state index contributed by atoms with van der Waals surface area (Å²) < 4.78 is 5.65. The number of nitrogens with one attached hydrogen (secondary N) is 1. The molecule has 0 aliphatic carbocycles. The van der Waals surface area contributed by atoms with Crippen LogP contribution in [0.3, 0.4) is 0 Å². The maximum absolute atomic E-state index is 5.65. The largest absolute Gasteiger partial charge is 0.489 e. The molecule has 0 saturated heterocycles. The van der Waals surface area contributed by atoms with E-state index in [9.17, 15) is 0 Å². The summed E-state index contributed by atoms with van der Waals surface area (Å²) >= 11 is 0. The van der Waals surface area contributed by atoms with Gasteiger partial charge in [0.25, 0.3) is 0 Å². The van der Waals surface area contributed by atoms with E-state index in [0.29, 0.717) is 6.61 Å². The van der Waals surface area contributed by atoms with Crippen molar-refractivity contribution in [2.45, 2.75) is 6.61 Å².